The smallest absolute Gasteiger partial charge is 0.124 e. The van der Waals surface area contributed by atoms with E-state index in [0.717, 1.165) is 18.9 Å². The van der Waals surface area contributed by atoms with Crippen molar-refractivity contribution < 1.29 is 9.47 Å². The van der Waals surface area contributed by atoms with Crippen LogP contribution in [0.1, 0.15) is 11.6 Å². The largest absolute Gasteiger partial charge is 0.490 e. The maximum Gasteiger partial charge on any atom is 0.124 e. The van der Waals surface area contributed by atoms with E-state index in [1.54, 1.807) is 0 Å². The minimum atomic E-state index is 0.179. The first kappa shape index (κ1) is 8.26. The molecule has 1 aromatic rings. The fraction of sp³-hybridized carbons (Fsp3) is 0.455. The van der Waals surface area contributed by atoms with Crippen LogP contribution < -0.4 is 10.1 Å². The van der Waals surface area contributed by atoms with Crippen LogP contribution in [0.3, 0.4) is 0 Å². The Morgan fingerprint density at radius 1 is 1.29 bits per heavy atom. The van der Waals surface area contributed by atoms with Gasteiger partial charge in [0, 0.05) is 12.1 Å². The third kappa shape index (κ3) is 1.21. The fourth-order valence-corrected chi connectivity index (χ4v) is 2.15. The zero-order valence-electron chi connectivity index (χ0n) is 7.90. The molecule has 1 N–H and O–H groups in total. The van der Waals surface area contributed by atoms with Crippen LogP contribution in [0.15, 0.2) is 24.3 Å². The average molecular weight is 191 g/mol. The van der Waals surface area contributed by atoms with Crippen molar-refractivity contribution in [1.29, 1.82) is 0 Å². The van der Waals surface area contributed by atoms with Gasteiger partial charge in [-0.15, -0.1) is 0 Å². The molecule has 1 aromatic carbocycles. The van der Waals surface area contributed by atoms with Crippen molar-refractivity contribution >= 4 is 0 Å². The van der Waals surface area contributed by atoms with Crippen LogP contribution >= 0.6 is 0 Å². The monoisotopic (exact) mass is 191 g/mol. The van der Waals surface area contributed by atoms with Gasteiger partial charge in [0.25, 0.3) is 0 Å². The third-order valence-corrected chi connectivity index (χ3v) is 2.83. The van der Waals surface area contributed by atoms with E-state index in [4.69, 9.17) is 9.47 Å². The Labute approximate surface area is 83.0 Å². The van der Waals surface area contributed by atoms with Gasteiger partial charge in [0.15, 0.2) is 0 Å². The molecular weight excluding hydrogens is 178 g/mol. The third-order valence-electron chi connectivity index (χ3n) is 2.83. The number of hydrogen-bond acceptors (Lipinski definition) is 3. The van der Waals surface area contributed by atoms with Crippen LogP contribution in [0.4, 0.5) is 0 Å². The fourth-order valence-electron chi connectivity index (χ4n) is 2.15. The van der Waals surface area contributed by atoms with Crippen molar-refractivity contribution in [2.75, 3.05) is 19.8 Å². The summed E-state index contributed by atoms with van der Waals surface area (Å²) in [6.45, 7) is 2.37. The van der Waals surface area contributed by atoms with Gasteiger partial charge in [-0.3, -0.25) is 0 Å². The molecule has 14 heavy (non-hydrogen) atoms. The van der Waals surface area contributed by atoms with Gasteiger partial charge in [0.2, 0.25) is 0 Å². The first-order valence-electron chi connectivity index (χ1n) is 5.02. The zero-order chi connectivity index (χ0) is 9.38. The quantitative estimate of drug-likeness (QED) is 0.666. The van der Waals surface area contributed by atoms with Crippen molar-refractivity contribution in [3.8, 4) is 5.75 Å². The van der Waals surface area contributed by atoms with Crippen LogP contribution in [-0.4, -0.2) is 25.9 Å². The lowest BCUT2D eigenvalue weighted by Crippen LogP contribution is -2.47. The first-order chi connectivity index (χ1) is 6.95. The highest BCUT2D eigenvalue weighted by atomic mass is 16.5. The lowest BCUT2D eigenvalue weighted by molar-refractivity contribution is -0.0408. The maximum atomic E-state index is 5.65. The number of hydrogen-bond donors (Lipinski definition) is 1. The maximum absolute atomic E-state index is 5.65. The molecule has 0 amide bonds. The van der Waals surface area contributed by atoms with E-state index in [1.807, 2.05) is 18.2 Å². The van der Waals surface area contributed by atoms with Crippen LogP contribution in [-0.2, 0) is 4.74 Å². The molecule has 2 heterocycles. The summed E-state index contributed by atoms with van der Waals surface area (Å²) in [6, 6.07) is 8.48. The molecule has 2 atom stereocenters. The van der Waals surface area contributed by atoms with Gasteiger partial charge in [-0.2, -0.15) is 0 Å². The topological polar surface area (TPSA) is 30.5 Å². The van der Waals surface area contributed by atoms with Gasteiger partial charge in [0.05, 0.1) is 12.6 Å². The van der Waals surface area contributed by atoms with Gasteiger partial charge < -0.3 is 14.8 Å². The Bertz CT molecular complexity index is 340. The van der Waals surface area contributed by atoms with Crippen molar-refractivity contribution in [1.82, 2.24) is 5.32 Å². The lowest BCUT2D eigenvalue weighted by atomic mass is 9.97. The van der Waals surface area contributed by atoms with E-state index in [1.165, 1.54) is 5.56 Å². The number of para-hydroxylation sites is 1. The van der Waals surface area contributed by atoms with E-state index < -0.39 is 0 Å². The highest BCUT2D eigenvalue weighted by Gasteiger charge is 2.33. The van der Waals surface area contributed by atoms with Crippen molar-refractivity contribution in [3.63, 3.8) is 0 Å². The molecule has 0 aliphatic carbocycles. The second-order valence-corrected chi connectivity index (χ2v) is 3.69. The molecule has 0 radical (unpaired) electrons. The Hall–Kier alpha value is -1.06. The van der Waals surface area contributed by atoms with E-state index >= 15 is 0 Å². The van der Waals surface area contributed by atoms with Gasteiger partial charge in [-0.05, 0) is 6.07 Å². The molecule has 2 aliphatic rings. The van der Waals surface area contributed by atoms with Gasteiger partial charge in [-0.25, -0.2) is 0 Å². The molecule has 74 valence electrons. The van der Waals surface area contributed by atoms with Gasteiger partial charge in [0.1, 0.15) is 18.5 Å². The van der Waals surface area contributed by atoms with Crippen molar-refractivity contribution in [2.45, 2.75) is 12.1 Å². The summed E-state index contributed by atoms with van der Waals surface area (Å²) in [7, 11) is 0. The zero-order valence-corrected chi connectivity index (χ0v) is 7.90. The molecule has 1 fully saturated rings. The molecule has 3 nitrogen and oxygen atoms in total. The Balaban J connectivity index is 1.99. The molecule has 0 bridgehead atoms. The Kier molecular flexibility index (Phi) is 1.92. The number of benzene rings is 1. The van der Waals surface area contributed by atoms with Gasteiger partial charge >= 0.3 is 0 Å². The van der Waals surface area contributed by atoms with Gasteiger partial charge in [-0.1, -0.05) is 18.2 Å². The van der Waals surface area contributed by atoms with Crippen LogP contribution in [0.25, 0.3) is 0 Å². The summed E-state index contributed by atoms with van der Waals surface area (Å²) in [4.78, 5) is 0. The molecule has 0 saturated carbocycles. The summed E-state index contributed by atoms with van der Waals surface area (Å²) in [5.74, 6) is 0.992. The van der Waals surface area contributed by atoms with E-state index in [0.29, 0.717) is 12.6 Å². The second kappa shape index (κ2) is 3.26. The molecule has 3 heteroatoms. The van der Waals surface area contributed by atoms with Crippen molar-refractivity contribution in [3.05, 3.63) is 29.8 Å². The number of rotatable bonds is 0. The summed E-state index contributed by atoms with van der Waals surface area (Å²) in [5.41, 5.74) is 1.23. The predicted octanol–water partition coefficient (Wildman–Crippen LogP) is 1.11. The summed E-state index contributed by atoms with van der Waals surface area (Å²) < 4.78 is 11.3. The van der Waals surface area contributed by atoms with E-state index in [-0.39, 0.29) is 6.10 Å². The number of ether oxygens (including phenoxy) is 2. The number of morpholine rings is 1. The average Bonchev–Trinajstić information content (AvgIpc) is 2.29. The number of nitrogens with one attached hydrogen (secondary N) is 1. The Morgan fingerprint density at radius 2 is 2.21 bits per heavy atom. The summed E-state index contributed by atoms with van der Waals surface area (Å²) >= 11 is 0. The van der Waals surface area contributed by atoms with Crippen LogP contribution in [0.5, 0.6) is 5.75 Å². The molecular formula is C11H13NO2. The lowest BCUT2D eigenvalue weighted by Gasteiger charge is -2.37. The molecule has 0 spiro atoms. The number of fused-ring (bicyclic) bond motifs is 3. The SMILES string of the molecule is c1ccc2c(c1)OCC1OCCNC21. The molecule has 2 unspecified atom stereocenters. The van der Waals surface area contributed by atoms with E-state index in [2.05, 4.69) is 11.4 Å². The minimum Gasteiger partial charge on any atom is -0.490 e. The van der Waals surface area contributed by atoms with Crippen LogP contribution in [0.2, 0.25) is 0 Å². The molecule has 1 saturated heterocycles. The van der Waals surface area contributed by atoms with Crippen LogP contribution in [0, 0.1) is 0 Å². The normalized spacial score (nSPS) is 30.0. The molecule has 3 rings (SSSR count). The standard InChI is InChI=1S/C11H13NO2/c1-2-4-9-8(3-1)11-10(7-14-9)13-6-5-12-11/h1-4,10-12H,5-7H2. The van der Waals surface area contributed by atoms with Crippen molar-refractivity contribution in [2.24, 2.45) is 0 Å². The molecule has 2 aliphatic heterocycles. The summed E-state index contributed by atoms with van der Waals surface area (Å²) in [6.07, 6.45) is 0.179. The highest BCUT2D eigenvalue weighted by molar-refractivity contribution is 5.38. The summed E-state index contributed by atoms with van der Waals surface area (Å²) in [5, 5.41) is 3.47. The predicted molar refractivity (Wildman–Crippen MR) is 52.4 cm³/mol. The Morgan fingerprint density at radius 3 is 3.21 bits per heavy atom. The minimum absolute atomic E-state index is 0.179. The second-order valence-electron chi connectivity index (χ2n) is 3.69. The van der Waals surface area contributed by atoms with E-state index in [9.17, 15) is 0 Å². The highest BCUT2D eigenvalue weighted by Crippen LogP contribution is 2.34. The molecule has 0 aromatic heterocycles. The first-order valence-corrected chi connectivity index (χ1v) is 5.02.